The van der Waals surface area contributed by atoms with Gasteiger partial charge in [-0.15, -0.1) is 0 Å². The number of hydrogen-bond acceptors (Lipinski definition) is 5. The second-order valence-corrected chi connectivity index (χ2v) is 9.23. The van der Waals surface area contributed by atoms with Crippen molar-refractivity contribution in [2.45, 2.75) is 25.9 Å². The normalized spacial score (nSPS) is 15.1. The number of ether oxygens (including phenoxy) is 1. The molecule has 2 aromatic rings. The molecule has 1 fully saturated rings. The molecule has 1 N–H and O–H groups in total. The van der Waals surface area contributed by atoms with Crippen LogP contribution in [0.4, 0.5) is 17.1 Å². The van der Waals surface area contributed by atoms with Gasteiger partial charge >= 0.3 is 0 Å². The third-order valence-corrected chi connectivity index (χ3v) is 6.19. The van der Waals surface area contributed by atoms with Crippen molar-refractivity contribution in [2.24, 2.45) is 0 Å². The predicted octanol–water partition coefficient (Wildman–Crippen LogP) is 3.09. The van der Waals surface area contributed by atoms with Gasteiger partial charge in [-0.1, -0.05) is 0 Å². The van der Waals surface area contributed by atoms with Crippen molar-refractivity contribution in [3.8, 4) is 5.75 Å². The molecule has 0 saturated carbocycles. The van der Waals surface area contributed by atoms with E-state index in [4.69, 9.17) is 4.74 Å². The first-order valence-electron chi connectivity index (χ1n) is 9.60. The maximum absolute atomic E-state index is 12.4. The largest absolute Gasteiger partial charge is 0.481 e. The summed E-state index contributed by atoms with van der Waals surface area (Å²) in [5.41, 5.74) is 2.41. The molecule has 1 unspecified atom stereocenters. The minimum Gasteiger partial charge on any atom is -0.481 e. The summed E-state index contributed by atoms with van der Waals surface area (Å²) < 4.78 is 30.0. The van der Waals surface area contributed by atoms with Gasteiger partial charge in [0.2, 0.25) is 10.0 Å². The van der Waals surface area contributed by atoms with Crippen molar-refractivity contribution >= 4 is 33.0 Å². The van der Waals surface area contributed by atoms with E-state index in [0.29, 0.717) is 11.4 Å². The van der Waals surface area contributed by atoms with Crippen LogP contribution in [0, 0.1) is 0 Å². The maximum atomic E-state index is 12.4. The van der Waals surface area contributed by atoms with E-state index in [2.05, 4.69) is 10.2 Å². The molecule has 7 nitrogen and oxygen atoms in total. The summed E-state index contributed by atoms with van der Waals surface area (Å²) in [5.74, 6) is 0.235. The van der Waals surface area contributed by atoms with Crippen LogP contribution in [0.25, 0.3) is 0 Å². The first kappa shape index (κ1) is 21.0. The number of anilines is 3. The van der Waals surface area contributed by atoms with Crippen LogP contribution in [0.2, 0.25) is 0 Å². The highest BCUT2D eigenvalue weighted by Gasteiger charge is 2.17. The van der Waals surface area contributed by atoms with Crippen molar-refractivity contribution in [1.29, 1.82) is 0 Å². The highest BCUT2D eigenvalue weighted by atomic mass is 32.2. The molecule has 156 valence electrons. The molecule has 0 aromatic heterocycles. The van der Waals surface area contributed by atoms with Crippen LogP contribution in [0.1, 0.15) is 19.8 Å². The number of carbonyl (C=O) groups is 1. The van der Waals surface area contributed by atoms with Gasteiger partial charge in [-0.3, -0.25) is 9.10 Å². The molecular formula is C21H27N3O4S. The average Bonchev–Trinajstić information content (AvgIpc) is 3.22. The molecule has 3 rings (SSSR count). The van der Waals surface area contributed by atoms with Gasteiger partial charge in [-0.25, -0.2) is 8.42 Å². The van der Waals surface area contributed by atoms with Gasteiger partial charge in [0, 0.05) is 31.5 Å². The van der Waals surface area contributed by atoms with Gasteiger partial charge in [-0.2, -0.15) is 0 Å². The predicted molar refractivity (Wildman–Crippen MR) is 116 cm³/mol. The van der Waals surface area contributed by atoms with Crippen LogP contribution in [0.5, 0.6) is 5.75 Å². The van der Waals surface area contributed by atoms with Crippen molar-refractivity contribution in [2.75, 3.05) is 40.9 Å². The summed E-state index contributed by atoms with van der Waals surface area (Å²) in [4.78, 5) is 14.8. The lowest BCUT2D eigenvalue weighted by Gasteiger charge is -2.19. The molecule has 0 aliphatic carbocycles. The Kier molecular flexibility index (Phi) is 6.32. The number of sulfonamides is 1. The van der Waals surface area contributed by atoms with E-state index < -0.39 is 16.1 Å². The summed E-state index contributed by atoms with van der Waals surface area (Å²) in [5, 5.41) is 2.86. The van der Waals surface area contributed by atoms with Crippen LogP contribution < -0.4 is 19.3 Å². The number of benzene rings is 2. The third-order valence-electron chi connectivity index (χ3n) is 4.99. The zero-order chi connectivity index (χ0) is 21.0. The minimum atomic E-state index is -3.32. The lowest BCUT2D eigenvalue weighted by atomic mass is 10.2. The second-order valence-electron chi connectivity index (χ2n) is 7.21. The van der Waals surface area contributed by atoms with E-state index in [0.717, 1.165) is 25.0 Å². The van der Waals surface area contributed by atoms with Gasteiger partial charge in [0.25, 0.3) is 5.91 Å². The summed E-state index contributed by atoms with van der Waals surface area (Å²) in [6.07, 6.45) is 2.88. The SMILES string of the molecule is CC(Oc1ccc(N(C)S(C)(=O)=O)cc1)C(=O)Nc1ccc(N2CCCC2)cc1. The Hall–Kier alpha value is -2.74. The van der Waals surface area contributed by atoms with Crippen LogP contribution in [-0.2, 0) is 14.8 Å². The molecule has 0 radical (unpaired) electrons. The van der Waals surface area contributed by atoms with Gasteiger partial charge in [0.15, 0.2) is 6.10 Å². The van der Waals surface area contributed by atoms with Crippen LogP contribution in [-0.4, -0.2) is 46.8 Å². The van der Waals surface area contributed by atoms with E-state index in [1.807, 2.05) is 24.3 Å². The van der Waals surface area contributed by atoms with Crippen LogP contribution in [0.3, 0.4) is 0 Å². The van der Waals surface area contributed by atoms with Gasteiger partial charge in [0.1, 0.15) is 5.75 Å². The highest BCUT2D eigenvalue weighted by Crippen LogP contribution is 2.23. The zero-order valence-corrected chi connectivity index (χ0v) is 17.8. The monoisotopic (exact) mass is 417 g/mol. The molecular weight excluding hydrogens is 390 g/mol. The zero-order valence-electron chi connectivity index (χ0n) is 17.0. The number of hydrogen-bond donors (Lipinski definition) is 1. The lowest BCUT2D eigenvalue weighted by molar-refractivity contribution is -0.122. The van der Waals surface area contributed by atoms with Crippen molar-refractivity contribution < 1.29 is 17.9 Å². The molecule has 1 aliphatic rings. The van der Waals surface area contributed by atoms with Gasteiger partial charge in [-0.05, 0) is 68.3 Å². The lowest BCUT2D eigenvalue weighted by Crippen LogP contribution is -2.30. The fourth-order valence-corrected chi connectivity index (χ4v) is 3.66. The number of carbonyl (C=O) groups excluding carboxylic acids is 1. The summed E-state index contributed by atoms with van der Waals surface area (Å²) in [6.45, 7) is 3.83. The summed E-state index contributed by atoms with van der Waals surface area (Å²) in [6, 6.07) is 14.4. The molecule has 0 bridgehead atoms. The van der Waals surface area contributed by atoms with E-state index in [1.54, 1.807) is 31.2 Å². The number of rotatable bonds is 7. The van der Waals surface area contributed by atoms with E-state index in [9.17, 15) is 13.2 Å². The molecule has 1 amide bonds. The van der Waals surface area contributed by atoms with Gasteiger partial charge in [0.05, 0.1) is 11.9 Å². The quantitative estimate of drug-likeness (QED) is 0.749. The Morgan fingerprint density at radius 1 is 1.07 bits per heavy atom. The van der Waals surface area contributed by atoms with E-state index >= 15 is 0 Å². The van der Waals surface area contributed by atoms with Crippen LogP contribution >= 0.6 is 0 Å². The Morgan fingerprint density at radius 3 is 2.21 bits per heavy atom. The molecule has 0 spiro atoms. The summed E-state index contributed by atoms with van der Waals surface area (Å²) in [7, 11) is -1.84. The van der Waals surface area contributed by atoms with Crippen LogP contribution in [0.15, 0.2) is 48.5 Å². The van der Waals surface area contributed by atoms with Crippen molar-refractivity contribution in [3.05, 3.63) is 48.5 Å². The average molecular weight is 418 g/mol. The highest BCUT2D eigenvalue weighted by molar-refractivity contribution is 7.92. The Labute approximate surface area is 172 Å². The standard InChI is InChI=1S/C21H27N3O4S/c1-16(28-20-12-10-18(11-13-20)23(2)29(3,26)27)21(25)22-17-6-8-19(9-7-17)24-14-4-5-15-24/h6-13,16H,4-5,14-15H2,1-3H3,(H,22,25). The Morgan fingerprint density at radius 2 is 1.66 bits per heavy atom. The molecule has 8 heteroatoms. The fourth-order valence-electron chi connectivity index (χ4n) is 3.16. The fraction of sp³-hybridized carbons (Fsp3) is 0.381. The van der Waals surface area contributed by atoms with Gasteiger partial charge < -0.3 is 15.0 Å². The first-order chi connectivity index (χ1) is 13.7. The molecule has 2 aromatic carbocycles. The maximum Gasteiger partial charge on any atom is 0.265 e. The third kappa shape index (κ3) is 5.41. The first-order valence-corrected chi connectivity index (χ1v) is 11.5. The Balaban J connectivity index is 1.56. The number of nitrogens with one attached hydrogen (secondary N) is 1. The topological polar surface area (TPSA) is 78.9 Å². The van der Waals surface area contributed by atoms with Crippen molar-refractivity contribution in [1.82, 2.24) is 0 Å². The second kappa shape index (κ2) is 8.73. The molecule has 1 heterocycles. The Bertz CT molecular complexity index is 937. The number of nitrogens with zero attached hydrogens (tertiary/aromatic N) is 2. The molecule has 29 heavy (non-hydrogen) atoms. The molecule has 1 aliphatic heterocycles. The molecule has 1 saturated heterocycles. The minimum absolute atomic E-state index is 0.253. The smallest absolute Gasteiger partial charge is 0.265 e. The van der Waals surface area contributed by atoms with Crippen molar-refractivity contribution in [3.63, 3.8) is 0 Å². The van der Waals surface area contributed by atoms with E-state index in [-0.39, 0.29) is 5.91 Å². The van der Waals surface area contributed by atoms with E-state index in [1.165, 1.54) is 29.9 Å². The summed E-state index contributed by atoms with van der Waals surface area (Å²) >= 11 is 0. The molecule has 1 atom stereocenters. The number of amides is 1.